The first kappa shape index (κ1) is 19.7. The Morgan fingerprint density at radius 3 is 2.24 bits per heavy atom. The fourth-order valence-corrected chi connectivity index (χ4v) is 2.20. The molecule has 1 rings (SSSR count). The van der Waals surface area contributed by atoms with Gasteiger partial charge in [-0.3, -0.25) is 4.79 Å². The number of likely N-dealkylation sites (N-methyl/N-ethyl adjacent to an activating group) is 2. The minimum absolute atomic E-state index is 0. The molecule has 5 nitrogen and oxygen atoms in total. The van der Waals surface area contributed by atoms with Crippen LogP contribution in [-0.2, 0) is 4.79 Å². The number of hydrogen-bond acceptors (Lipinski definition) is 3. The van der Waals surface area contributed by atoms with E-state index in [0.717, 1.165) is 16.3 Å². The number of halogens is 1. The molecule has 0 fully saturated rings. The Bertz CT molecular complexity index is 427. The quantitative estimate of drug-likeness (QED) is 0.586. The van der Waals surface area contributed by atoms with E-state index in [4.69, 9.17) is 4.74 Å². The molecule has 120 valence electrons. The number of carbonyl (C=O) groups excluding carboxylic acids is 1. The summed E-state index contributed by atoms with van der Waals surface area (Å²) in [6.07, 6.45) is -0.697. The summed E-state index contributed by atoms with van der Waals surface area (Å²) in [6, 6.07) is 6.87. The molecule has 0 saturated heterocycles. The molecule has 0 spiro atoms. The van der Waals surface area contributed by atoms with Gasteiger partial charge < -0.3 is 32.1 Å². The van der Waals surface area contributed by atoms with Crippen molar-refractivity contribution in [1.82, 2.24) is 0 Å². The highest BCUT2D eigenvalue weighted by Gasteiger charge is 2.32. The molecule has 0 heterocycles. The zero-order chi connectivity index (χ0) is 15.3. The van der Waals surface area contributed by atoms with Crippen LogP contribution in [0, 0.1) is 0 Å². The van der Waals surface area contributed by atoms with E-state index in [-0.39, 0.29) is 18.3 Å². The lowest BCUT2D eigenvalue weighted by Crippen LogP contribution is -3.13. The van der Waals surface area contributed by atoms with Gasteiger partial charge in [0.25, 0.3) is 5.91 Å². The summed E-state index contributed by atoms with van der Waals surface area (Å²) in [7, 11) is 5.44. The fraction of sp³-hybridized carbons (Fsp3) is 0.533. The fourth-order valence-electron chi connectivity index (χ4n) is 2.20. The number of nitrogens with zero attached hydrogens (tertiary/aromatic N) is 1. The normalized spacial score (nSPS) is 13.3. The molecule has 2 unspecified atom stereocenters. The molecule has 1 aromatic carbocycles. The molecule has 0 aliphatic carbocycles. The first-order valence-corrected chi connectivity index (χ1v) is 6.87. The number of aliphatic hydroxyl groups excluding tert-OH is 1. The minimum atomic E-state index is -0.697. The van der Waals surface area contributed by atoms with Gasteiger partial charge in [-0.1, -0.05) is 0 Å². The molecule has 21 heavy (non-hydrogen) atoms. The number of amides is 1. The predicted molar refractivity (Wildman–Crippen MR) is 79.3 cm³/mol. The number of rotatable bonds is 6. The molecule has 2 atom stereocenters. The van der Waals surface area contributed by atoms with Gasteiger partial charge in [0.05, 0.1) is 20.7 Å². The van der Waals surface area contributed by atoms with E-state index in [1.807, 2.05) is 45.3 Å². The van der Waals surface area contributed by atoms with Crippen LogP contribution >= 0.6 is 0 Å². The van der Waals surface area contributed by atoms with Gasteiger partial charge in [0.15, 0.2) is 6.04 Å². The number of nitrogens with one attached hydrogen (secondary N) is 1. The number of hydrogen-bond donors (Lipinski definition) is 2. The van der Waals surface area contributed by atoms with Crippen molar-refractivity contribution in [3.8, 4) is 5.75 Å². The van der Waals surface area contributed by atoms with E-state index >= 15 is 0 Å². The van der Waals surface area contributed by atoms with E-state index in [0.29, 0.717) is 6.61 Å². The van der Waals surface area contributed by atoms with Crippen molar-refractivity contribution in [2.24, 2.45) is 0 Å². The van der Waals surface area contributed by atoms with Crippen LogP contribution in [0.3, 0.4) is 0 Å². The number of quaternary nitrogens is 1. The third-order valence-corrected chi connectivity index (χ3v) is 3.24. The SMILES string of the molecule is CCOc1ccc(N(C)C(=O)C(C(C)O)[NH+](C)C)cc1.[Cl-]. The Hall–Kier alpha value is -1.30. The van der Waals surface area contributed by atoms with Gasteiger partial charge in [0, 0.05) is 12.7 Å². The third kappa shape index (κ3) is 5.19. The van der Waals surface area contributed by atoms with Crippen molar-refractivity contribution in [2.45, 2.75) is 26.0 Å². The lowest BCUT2D eigenvalue weighted by atomic mass is 10.1. The van der Waals surface area contributed by atoms with Crippen LogP contribution in [0.25, 0.3) is 0 Å². The van der Waals surface area contributed by atoms with E-state index in [1.54, 1.807) is 18.9 Å². The molecule has 1 aromatic rings. The van der Waals surface area contributed by atoms with Crippen molar-refractivity contribution in [2.75, 3.05) is 32.6 Å². The molecular weight excluding hydrogens is 292 g/mol. The van der Waals surface area contributed by atoms with Crippen LogP contribution in [0.1, 0.15) is 13.8 Å². The van der Waals surface area contributed by atoms with Gasteiger partial charge >= 0.3 is 0 Å². The van der Waals surface area contributed by atoms with Gasteiger partial charge in [-0.25, -0.2) is 0 Å². The zero-order valence-corrected chi connectivity index (χ0v) is 14.0. The molecular formula is C15H25ClN2O3. The maximum absolute atomic E-state index is 12.5. The lowest BCUT2D eigenvalue weighted by Gasteiger charge is -2.27. The van der Waals surface area contributed by atoms with Gasteiger partial charge in [-0.15, -0.1) is 0 Å². The number of ether oxygens (including phenoxy) is 1. The van der Waals surface area contributed by atoms with Crippen molar-refractivity contribution in [3.63, 3.8) is 0 Å². The lowest BCUT2D eigenvalue weighted by molar-refractivity contribution is -0.879. The molecule has 0 radical (unpaired) electrons. The molecule has 0 aromatic heterocycles. The Labute approximate surface area is 132 Å². The van der Waals surface area contributed by atoms with Gasteiger partial charge in [-0.2, -0.15) is 0 Å². The first-order valence-electron chi connectivity index (χ1n) is 6.87. The van der Waals surface area contributed by atoms with Crippen molar-refractivity contribution < 1.29 is 31.9 Å². The average Bonchev–Trinajstić information content (AvgIpc) is 2.38. The molecule has 0 aliphatic heterocycles. The largest absolute Gasteiger partial charge is 1.00 e. The highest BCUT2D eigenvalue weighted by molar-refractivity contribution is 5.96. The van der Waals surface area contributed by atoms with Crippen molar-refractivity contribution in [1.29, 1.82) is 0 Å². The summed E-state index contributed by atoms with van der Waals surface area (Å²) in [5, 5.41) is 9.77. The zero-order valence-electron chi connectivity index (χ0n) is 13.3. The van der Waals surface area contributed by atoms with Crippen LogP contribution in [0.5, 0.6) is 5.75 Å². The van der Waals surface area contributed by atoms with Crippen LogP contribution in [0.4, 0.5) is 5.69 Å². The van der Waals surface area contributed by atoms with Crippen LogP contribution in [0.2, 0.25) is 0 Å². The summed E-state index contributed by atoms with van der Waals surface area (Å²) in [5.41, 5.74) is 0.783. The Balaban J connectivity index is 0.00000400. The standard InChI is InChI=1S/C15H24N2O3.ClH/c1-6-20-13-9-7-12(8-10-13)17(5)15(19)14(11(2)18)16(3)4;/h7-11,14,18H,6H2,1-5H3;1H. The molecule has 0 saturated carbocycles. The third-order valence-electron chi connectivity index (χ3n) is 3.24. The number of benzene rings is 1. The Kier molecular flexibility index (Phi) is 8.32. The van der Waals surface area contributed by atoms with Crippen molar-refractivity contribution in [3.05, 3.63) is 24.3 Å². The molecule has 0 aliphatic rings. The number of carbonyl (C=O) groups is 1. The predicted octanol–water partition coefficient (Wildman–Crippen LogP) is -3.05. The van der Waals surface area contributed by atoms with E-state index < -0.39 is 12.1 Å². The number of anilines is 1. The summed E-state index contributed by atoms with van der Waals surface area (Å²) in [6.45, 7) is 4.18. The molecule has 2 N–H and O–H groups in total. The Morgan fingerprint density at radius 1 is 1.33 bits per heavy atom. The monoisotopic (exact) mass is 316 g/mol. The number of aliphatic hydroxyl groups is 1. The Morgan fingerprint density at radius 2 is 1.86 bits per heavy atom. The molecule has 1 amide bonds. The first-order chi connectivity index (χ1) is 9.38. The highest BCUT2D eigenvalue weighted by atomic mass is 35.5. The maximum Gasteiger partial charge on any atom is 0.287 e. The smallest absolute Gasteiger partial charge is 0.287 e. The summed E-state index contributed by atoms with van der Waals surface area (Å²) < 4.78 is 5.38. The van der Waals surface area contributed by atoms with Crippen LogP contribution < -0.4 is 26.9 Å². The van der Waals surface area contributed by atoms with Crippen LogP contribution in [-0.4, -0.2) is 50.9 Å². The van der Waals surface area contributed by atoms with Crippen LogP contribution in [0.15, 0.2) is 24.3 Å². The second-order valence-corrected chi connectivity index (χ2v) is 5.12. The van der Waals surface area contributed by atoms with Gasteiger partial charge in [0.2, 0.25) is 0 Å². The summed E-state index contributed by atoms with van der Waals surface area (Å²) in [4.78, 5) is 14.9. The highest BCUT2D eigenvalue weighted by Crippen LogP contribution is 2.19. The average molecular weight is 317 g/mol. The van der Waals surface area contributed by atoms with Gasteiger partial charge in [-0.05, 0) is 38.1 Å². The van der Waals surface area contributed by atoms with Crippen molar-refractivity contribution >= 4 is 11.6 Å². The van der Waals surface area contributed by atoms with E-state index in [2.05, 4.69) is 0 Å². The maximum atomic E-state index is 12.5. The topological polar surface area (TPSA) is 54.2 Å². The minimum Gasteiger partial charge on any atom is -1.00 e. The van der Waals surface area contributed by atoms with Gasteiger partial charge in [0.1, 0.15) is 11.9 Å². The molecule has 0 bridgehead atoms. The molecule has 6 heteroatoms. The van der Waals surface area contributed by atoms with E-state index in [1.165, 1.54) is 0 Å². The second kappa shape index (κ2) is 8.87. The summed E-state index contributed by atoms with van der Waals surface area (Å²) in [5.74, 6) is 0.673. The van der Waals surface area contributed by atoms with E-state index in [9.17, 15) is 9.90 Å². The second-order valence-electron chi connectivity index (χ2n) is 5.12. The summed E-state index contributed by atoms with van der Waals surface area (Å²) >= 11 is 0.